The summed E-state index contributed by atoms with van der Waals surface area (Å²) in [5.41, 5.74) is -0.567. The molecule has 0 aliphatic heterocycles. The van der Waals surface area contributed by atoms with Crippen LogP contribution in [0.2, 0.25) is 0 Å². The molecule has 26 heavy (non-hydrogen) atoms. The fraction of sp³-hybridized carbons (Fsp3) is 0.529. The molecule has 0 atom stereocenters. The van der Waals surface area contributed by atoms with E-state index in [1.807, 2.05) is 0 Å². The molecule has 1 aliphatic rings. The van der Waals surface area contributed by atoms with Crippen LogP contribution < -0.4 is 11.2 Å². The van der Waals surface area contributed by atoms with Gasteiger partial charge >= 0.3 is 11.8 Å². The summed E-state index contributed by atoms with van der Waals surface area (Å²) in [4.78, 5) is 38.0. The first-order chi connectivity index (χ1) is 12.0. The van der Waals surface area contributed by atoms with Gasteiger partial charge in [0.1, 0.15) is 4.83 Å². The topological polar surface area (TPSA) is 96.9 Å². The third-order valence-corrected chi connectivity index (χ3v) is 5.72. The molecule has 1 amide bonds. The highest BCUT2D eigenvalue weighted by atomic mass is 32.1. The summed E-state index contributed by atoms with van der Waals surface area (Å²) in [6, 6.07) is -0.00888. The molecule has 1 fully saturated rings. The van der Waals surface area contributed by atoms with E-state index in [-0.39, 0.29) is 17.3 Å². The van der Waals surface area contributed by atoms with Crippen molar-refractivity contribution in [2.75, 3.05) is 0 Å². The smallest absolute Gasteiger partial charge is 0.428 e. The van der Waals surface area contributed by atoms with Crippen molar-refractivity contribution in [2.24, 2.45) is 12.1 Å². The molecule has 2 heterocycles. The molecule has 2 aromatic heterocycles. The van der Waals surface area contributed by atoms with Crippen molar-refractivity contribution in [3.05, 3.63) is 31.3 Å². The average Bonchev–Trinajstić information content (AvgIpc) is 3.28. The minimum absolute atomic E-state index is 0.00888. The number of rotatable bonds is 3. The zero-order valence-corrected chi connectivity index (χ0v) is 16.3. The van der Waals surface area contributed by atoms with E-state index in [1.165, 1.54) is 26.7 Å². The minimum Gasteiger partial charge on any atom is -0.464 e. The summed E-state index contributed by atoms with van der Waals surface area (Å²) in [5.74, 6) is 0. The molecule has 0 radical (unpaired) electrons. The minimum atomic E-state index is -1.16. The highest BCUT2D eigenvalue weighted by Gasteiger charge is 2.30. The summed E-state index contributed by atoms with van der Waals surface area (Å²) in [5, 5.41) is 14.9. The number of aryl methyl sites for hydroxylation is 2. The van der Waals surface area contributed by atoms with Crippen LogP contribution >= 0.6 is 11.3 Å². The van der Waals surface area contributed by atoms with Gasteiger partial charge in [0.05, 0.1) is 22.0 Å². The maximum absolute atomic E-state index is 12.8. The Morgan fingerprint density at radius 1 is 1.35 bits per heavy atom. The van der Waals surface area contributed by atoms with Crippen molar-refractivity contribution in [1.29, 1.82) is 0 Å². The Morgan fingerprint density at radius 2 is 1.96 bits per heavy atom. The number of thiophene rings is 1. The first-order valence-corrected chi connectivity index (χ1v) is 9.17. The van der Waals surface area contributed by atoms with Crippen LogP contribution in [0.3, 0.4) is 0 Å². The second kappa shape index (κ2) is 6.08. The molecule has 0 saturated heterocycles. The van der Waals surface area contributed by atoms with Gasteiger partial charge < -0.3 is 5.11 Å². The average molecular weight is 378 g/mol. The van der Waals surface area contributed by atoms with E-state index in [9.17, 15) is 19.5 Å². The first-order valence-electron chi connectivity index (χ1n) is 8.35. The van der Waals surface area contributed by atoms with Gasteiger partial charge in [0, 0.05) is 13.1 Å². The number of nitrogens with zero attached hydrogens (tertiary/aromatic N) is 4. The van der Waals surface area contributed by atoms with Gasteiger partial charge in [-0.1, -0.05) is 0 Å². The quantitative estimate of drug-likeness (QED) is 0.655. The van der Waals surface area contributed by atoms with Crippen LogP contribution in [-0.4, -0.2) is 37.1 Å². The predicted octanol–water partition coefficient (Wildman–Crippen LogP) is 2.52. The van der Waals surface area contributed by atoms with Crippen LogP contribution in [0.25, 0.3) is 10.2 Å². The van der Waals surface area contributed by atoms with Crippen LogP contribution in [-0.2, 0) is 7.05 Å². The second-order valence-corrected chi connectivity index (χ2v) is 8.56. The molecule has 3 rings (SSSR count). The molecular weight excluding hydrogens is 356 g/mol. The number of carboxylic acid groups (broad SMARTS) is 1. The van der Waals surface area contributed by atoms with Gasteiger partial charge in [-0.15, -0.1) is 11.3 Å². The summed E-state index contributed by atoms with van der Waals surface area (Å²) < 4.78 is 2.82. The molecule has 1 N–H and O–H groups in total. The van der Waals surface area contributed by atoms with E-state index in [4.69, 9.17) is 0 Å². The van der Waals surface area contributed by atoms with E-state index in [0.29, 0.717) is 20.7 Å². The number of hydrazone groups is 1. The molecular formula is C17H22N4O4S. The van der Waals surface area contributed by atoms with Crippen molar-refractivity contribution < 1.29 is 9.90 Å². The Bertz CT molecular complexity index is 1030. The van der Waals surface area contributed by atoms with Crippen LogP contribution in [0.15, 0.2) is 14.7 Å². The third kappa shape index (κ3) is 2.96. The summed E-state index contributed by atoms with van der Waals surface area (Å²) in [6.07, 6.45) is 1.98. The number of amides is 1. The molecule has 0 bridgehead atoms. The molecule has 8 nitrogen and oxygen atoms in total. The zero-order valence-electron chi connectivity index (χ0n) is 15.4. The largest absolute Gasteiger partial charge is 0.464 e. The molecule has 1 aliphatic carbocycles. The molecule has 1 saturated carbocycles. The Balaban J connectivity index is 2.16. The summed E-state index contributed by atoms with van der Waals surface area (Å²) in [7, 11) is 1.65. The lowest BCUT2D eigenvalue weighted by molar-refractivity contribution is 0.103. The number of fused-ring (bicyclic) bond motifs is 1. The van der Waals surface area contributed by atoms with Gasteiger partial charge in [0.15, 0.2) is 0 Å². The standard InChI is InChI=1S/C17H22N4O4S/c1-9-11(8-18-21(16(24)25)17(2,3)4)26-14-12(9)13(22)20(10-6-7-10)15(23)19(14)5/h8,10H,6-7H2,1-5H3,(H,24,25)/b18-8-. The van der Waals surface area contributed by atoms with Crippen molar-refractivity contribution in [1.82, 2.24) is 14.1 Å². The first kappa shape index (κ1) is 18.4. The van der Waals surface area contributed by atoms with E-state index in [0.717, 1.165) is 17.9 Å². The second-order valence-electron chi connectivity index (χ2n) is 7.53. The van der Waals surface area contributed by atoms with E-state index < -0.39 is 11.6 Å². The monoisotopic (exact) mass is 378 g/mol. The number of aromatic nitrogens is 2. The Labute approximate surface area is 154 Å². The van der Waals surface area contributed by atoms with Gasteiger partial charge in [-0.05, 0) is 46.1 Å². The Morgan fingerprint density at radius 3 is 2.46 bits per heavy atom. The number of hydrogen-bond donors (Lipinski definition) is 1. The van der Waals surface area contributed by atoms with Crippen molar-refractivity contribution >= 4 is 33.9 Å². The molecule has 0 aromatic carbocycles. The molecule has 9 heteroatoms. The van der Waals surface area contributed by atoms with Crippen molar-refractivity contribution in [3.63, 3.8) is 0 Å². The fourth-order valence-electron chi connectivity index (χ4n) is 2.86. The summed E-state index contributed by atoms with van der Waals surface area (Å²) >= 11 is 1.26. The normalized spacial score (nSPS) is 15.1. The third-order valence-electron chi connectivity index (χ3n) is 4.41. The lowest BCUT2D eigenvalue weighted by atomic mass is 10.1. The molecule has 140 valence electrons. The SMILES string of the molecule is Cc1c(/C=N\N(C(=O)O)C(C)(C)C)sc2c1c(=O)n(C1CC1)c(=O)n2C. The van der Waals surface area contributed by atoms with Crippen molar-refractivity contribution in [2.45, 2.75) is 52.1 Å². The van der Waals surface area contributed by atoms with E-state index in [1.54, 1.807) is 34.7 Å². The maximum atomic E-state index is 12.8. The molecule has 0 spiro atoms. The van der Waals surface area contributed by atoms with Gasteiger partial charge in [0.2, 0.25) is 0 Å². The van der Waals surface area contributed by atoms with Gasteiger partial charge in [-0.25, -0.2) is 9.59 Å². The van der Waals surface area contributed by atoms with Crippen LogP contribution in [0.1, 0.15) is 50.1 Å². The van der Waals surface area contributed by atoms with Gasteiger partial charge in [-0.2, -0.15) is 10.1 Å². The maximum Gasteiger partial charge on any atom is 0.428 e. The van der Waals surface area contributed by atoms with Crippen molar-refractivity contribution in [3.8, 4) is 0 Å². The predicted molar refractivity (Wildman–Crippen MR) is 102 cm³/mol. The highest BCUT2D eigenvalue weighted by Crippen LogP contribution is 2.33. The Kier molecular flexibility index (Phi) is 4.30. The number of hydrogen-bond acceptors (Lipinski definition) is 5. The molecule has 2 aromatic rings. The summed E-state index contributed by atoms with van der Waals surface area (Å²) in [6.45, 7) is 7.03. The Hall–Kier alpha value is -2.42. The van der Waals surface area contributed by atoms with Gasteiger partial charge in [0.25, 0.3) is 5.56 Å². The van der Waals surface area contributed by atoms with Crippen LogP contribution in [0.5, 0.6) is 0 Å². The van der Waals surface area contributed by atoms with Crippen LogP contribution in [0.4, 0.5) is 4.79 Å². The highest BCUT2D eigenvalue weighted by molar-refractivity contribution is 7.20. The number of carbonyl (C=O) groups is 1. The van der Waals surface area contributed by atoms with E-state index in [2.05, 4.69) is 5.10 Å². The molecule has 0 unspecified atom stereocenters. The lowest BCUT2D eigenvalue weighted by Gasteiger charge is -2.27. The van der Waals surface area contributed by atoms with Crippen LogP contribution in [0, 0.1) is 6.92 Å². The van der Waals surface area contributed by atoms with E-state index >= 15 is 0 Å². The zero-order chi connectivity index (χ0) is 19.4. The van der Waals surface area contributed by atoms with Gasteiger partial charge in [-0.3, -0.25) is 13.9 Å². The lowest BCUT2D eigenvalue weighted by Crippen LogP contribution is -2.41. The fourth-order valence-corrected chi connectivity index (χ4v) is 3.98.